The van der Waals surface area contributed by atoms with E-state index in [9.17, 15) is 14.9 Å². The number of nitro groups is 1. The smallest absolute Gasteiger partial charge is 0.334 e. The fraction of sp³-hybridized carbons (Fsp3) is 0.348. The van der Waals surface area contributed by atoms with Gasteiger partial charge in [0, 0.05) is 35.1 Å². The Bertz CT molecular complexity index is 956. The van der Waals surface area contributed by atoms with Gasteiger partial charge in [0.2, 0.25) is 0 Å². The van der Waals surface area contributed by atoms with Gasteiger partial charge in [0.25, 0.3) is 5.69 Å². The van der Waals surface area contributed by atoms with E-state index in [2.05, 4.69) is 20.8 Å². The zero-order chi connectivity index (χ0) is 21.3. The fourth-order valence-electron chi connectivity index (χ4n) is 4.00. The van der Waals surface area contributed by atoms with Crippen LogP contribution in [0.3, 0.4) is 0 Å². The normalized spacial score (nSPS) is 20.2. The van der Waals surface area contributed by atoms with E-state index in [1.807, 2.05) is 24.3 Å². The standard InChI is InChI=1S/C23H24ClNO4/c1-23(2,3)21-19(15-7-9-16(24)10-8-15)20(21)18(22(26)29-4)13-14-5-11-17(12-6-14)25(27)28/h5-12,19,21H,13H2,1-4H3/b20-18+/t19-,21+/m1/s1. The molecule has 3 rings (SSSR count). The van der Waals surface area contributed by atoms with E-state index in [4.69, 9.17) is 16.3 Å². The summed E-state index contributed by atoms with van der Waals surface area (Å²) in [6.07, 6.45) is 0.372. The molecule has 0 saturated heterocycles. The first-order valence-corrected chi connectivity index (χ1v) is 9.81. The Kier molecular flexibility index (Phi) is 5.80. The van der Waals surface area contributed by atoms with Crippen molar-refractivity contribution in [3.05, 3.63) is 85.9 Å². The van der Waals surface area contributed by atoms with Crippen molar-refractivity contribution in [3.63, 3.8) is 0 Å². The summed E-state index contributed by atoms with van der Waals surface area (Å²) in [6, 6.07) is 14.0. The van der Waals surface area contributed by atoms with Crippen LogP contribution in [0.2, 0.25) is 5.02 Å². The van der Waals surface area contributed by atoms with E-state index in [1.54, 1.807) is 12.1 Å². The maximum Gasteiger partial charge on any atom is 0.334 e. The molecule has 1 aliphatic rings. The molecule has 0 amide bonds. The van der Waals surface area contributed by atoms with Crippen molar-refractivity contribution in [1.29, 1.82) is 0 Å². The summed E-state index contributed by atoms with van der Waals surface area (Å²) >= 11 is 6.04. The molecule has 0 aliphatic heterocycles. The van der Waals surface area contributed by atoms with Crippen LogP contribution in [0.4, 0.5) is 5.69 Å². The summed E-state index contributed by atoms with van der Waals surface area (Å²) in [5.41, 5.74) is 3.65. The molecule has 152 valence electrons. The van der Waals surface area contributed by atoms with Gasteiger partial charge in [0.15, 0.2) is 0 Å². The summed E-state index contributed by atoms with van der Waals surface area (Å²) in [6.45, 7) is 6.48. The van der Waals surface area contributed by atoms with E-state index < -0.39 is 4.92 Å². The van der Waals surface area contributed by atoms with Gasteiger partial charge in [-0.3, -0.25) is 10.1 Å². The van der Waals surface area contributed by atoms with Crippen molar-refractivity contribution in [2.24, 2.45) is 11.3 Å². The Morgan fingerprint density at radius 2 is 1.69 bits per heavy atom. The van der Waals surface area contributed by atoms with Crippen LogP contribution in [0.15, 0.2) is 59.7 Å². The van der Waals surface area contributed by atoms with Crippen molar-refractivity contribution in [2.75, 3.05) is 7.11 Å². The van der Waals surface area contributed by atoms with Crippen molar-refractivity contribution >= 4 is 23.3 Å². The summed E-state index contributed by atoms with van der Waals surface area (Å²) < 4.78 is 5.09. The lowest BCUT2D eigenvalue weighted by molar-refractivity contribution is -0.384. The van der Waals surface area contributed by atoms with Crippen LogP contribution in [0.1, 0.15) is 37.8 Å². The number of non-ortho nitro benzene ring substituents is 1. The monoisotopic (exact) mass is 413 g/mol. The molecular formula is C23H24ClNO4. The predicted molar refractivity (Wildman–Crippen MR) is 113 cm³/mol. The van der Waals surface area contributed by atoms with E-state index in [1.165, 1.54) is 19.2 Å². The quantitative estimate of drug-likeness (QED) is 0.272. The van der Waals surface area contributed by atoms with Crippen LogP contribution >= 0.6 is 11.6 Å². The van der Waals surface area contributed by atoms with Gasteiger partial charge >= 0.3 is 5.97 Å². The Labute approximate surface area is 175 Å². The number of ether oxygens (including phenoxy) is 1. The van der Waals surface area contributed by atoms with E-state index >= 15 is 0 Å². The van der Waals surface area contributed by atoms with E-state index in [0.717, 1.165) is 16.7 Å². The SMILES string of the molecule is COC(=O)/C(Cc1ccc([N+](=O)[O-])cc1)=C1/[C@@H](C(C)(C)C)[C@@H]1c1ccc(Cl)cc1. The molecule has 0 heterocycles. The second-order valence-electron chi connectivity index (χ2n) is 8.40. The Balaban J connectivity index is 2.03. The van der Waals surface area contributed by atoms with E-state index in [-0.39, 0.29) is 28.9 Å². The maximum absolute atomic E-state index is 12.7. The number of methoxy groups -OCH3 is 1. The lowest BCUT2D eigenvalue weighted by atomic mass is 9.87. The third-order valence-electron chi connectivity index (χ3n) is 5.36. The molecule has 29 heavy (non-hydrogen) atoms. The number of benzene rings is 2. The Morgan fingerprint density at radius 3 is 2.17 bits per heavy atom. The first kappa shape index (κ1) is 21.1. The molecule has 0 spiro atoms. The number of hydrogen-bond donors (Lipinski definition) is 0. The van der Waals surface area contributed by atoms with Crippen LogP contribution < -0.4 is 0 Å². The molecule has 1 aliphatic carbocycles. The molecule has 2 atom stereocenters. The van der Waals surface area contributed by atoms with Gasteiger partial charge < -0.3 is 4.74 Å². The fourth-order valence-corrected chi connectivity index (χ4v) is 4.13. The first-order valence-electron chi connectivity index (χ1n) is 9.43. The topological polar surface area (TPSA) is 69.4 Å². The van der Waals surface area contributed by atoms with Gasteiger partial charge in [-0.25, -0.2) is 4.79 Å². The van der Waals surface area contributed by atoms with Gasteiger partial charge in [-0.1, -0.05) is 56.6 Å². The highest BCUT2D eigenvalue weighted by Crippen LogP contribution is 2.63. The number of halogens is 1. The minimum Gasteiger partial charge on any atom is -0.466 e. The molecular weight excluding hydrogens is 390 g/mol. The molecule has 2 aromatic carbocycles. The summed E-state index contributed by atoms with van der Waals surface area (Å²) in [4.78, 5) is 23.1. The minimum atomic E-state index is -0.434. The number of carbonyl (C=O) groups excluding carboxylic acids is 1. The zero-order valence-corrected chi connectivity index (χ0v) is 17.7. The van der Waals surface area contributed by atoms with E-state index in [0.29, 0.717) is 17.0 Å². The van der Waals surface area contributed by atoms with Gasteiger partial charge in [-0.15, -0.1) is 0 Å². The average Bonchev–Trinajstić information content (AvgIpc) is 3.42. The van der Waals surface area contributed by atoms with Crippen molar-refractivity contribution in [2.45, 2.75) is 33.1 Å². The molecule has 5 nitrogen and oxygen atoms in total. The van der Waals surface area contributed by atoms with Crippen LogP contribution in [0.5, 0.6) is 0 Å². The summed E-state index contributed by atoms with van der Waals surface area (Å²) in [5.74, 6) is -0.0284. The Morgan fingerprint density at radius 1 is 1.10 bits per heavy atom. The molecule has 0 unspecified atom stereocenters. The lowest BCUT2D eigenvalue weighted by Crippen LogP contribution is -2.12. The molecule has 0 bridgehead atoms. The van der Waals surface area contributed by atoms with Crippen molar-refractivity contribution < 1.29 is 14.5 Å². The molecule has 1 fully saturated rings. The number of carbonyl (C=O) groups is 1. The van der Waals surface area contributed by atoms with Crippen LogP contribution in [-0.4, -0.2) is 18.0 Å². The molecule has 2 aromatic rings. The zero-order valence-electron chi connectivity index (χ0n) is 16.9. The number of nitrogens with zero attached hydrogens (tertiary/aromatic N) is 1. The molecule has 0 aromatic heterocycles. The molecule has 0 radical (unpaired) electrons. The third-order valence-corrected chi connectivity index (χ3v) is 5.62. The molecule has 0 N–H and O–H groups in total. The number of allylic oxidation sites excluding steroid dienone is 1. The number of esters is 1. The van der Waals surface area contributed by atoms with Crippen LogP contribution in [-0.2, 0) is 16.0 Å². The summed E-state index contributed by atoms with van der Waals surface area (Å²) in [7, 11) is 1.38. The maximum atomic E-state index is 12.7. The highest BCUT2D eigenvalue weighted by atomic mass is 35.5. The van der Waals surface area contributed by atoms with Crippen LogP contribution in [0, 0.1) is 21.4 Å². The number of nitro benzene ring substituents is 1. The average molecular weight is 414 g/mol. The second kappa shape index (κ2) is 7.99. The van der Waals surface area contributed by atoms with Crippen LogP contribution in [0.25, 0.3) is 0 Å². The highest BCUT2D eigenvalue weighted by Gasteiger charge is 2.53. The second-order valence-corrected chi connectivity index (χ2v) is 8.84. The van der Waals surface area contributed by atoms with Gasteiger partial charge in [0.05, 0.1) is 12.0 Å². The molecule has 6 heteroatoms. The molecule has 1 saturated carbocycles. The minimum absolute atomic E-state index is 0.0269. The third kappa shape index (κ3) is 4.51. The van der Waals surface area contributed by atoms with Crippen molar-refractivity contribution in [1.82, 2.24) is 0 Å². The van der Waals surface area contributed by atoms with Gasteiger partial charge in [-0.05, 0) is 40.2 Å². The predicted octanol–water partition coefficient (Wildman–Crippen LogP) is 5.72. The number of rotatable bonds is 5. The first-order chi connectivity index (χ1) is 13.6. The van der Waals surface area contributed by atoms with Gasteiger partial charge in [-0.2, -0.15) is 0 Å². The lowest BCUT2D eigenvalue weighted by Gasteiger charge is -2.18. The Hall–Kier alpha value is -2.66. The number of hydrogen-bond acceptors (Lipinski definition) is 4. The highest BCUT2D eigenvalue weighted by molar-refractivity contribution is 6.30. The van der Waals surface area contributed by atoms with Gasteiger partial charge in [0.1, 0.15) is 0 Å². The summed E-state index contributed by atoms with van der Waals surface area (Å²) in [5, 5.41) is 11.6. The largest absolute Gasteiger partial charge is 0.466 e. The van der Waals surface area contributed by atoms with Crippen molar-refractivity contribution in [3.8, 4) is 0 Å².